The lowest BCUT2D eigenvalue weighted by Crippen LogP contribution is -2.58. The molecule has 5 atom stereocenters. The Balaban J connectivity index is 1.78. The minimum atomic E-state index is -3.99. The van der Waals surface area contributed by atoms with E-state index in [2.05, 4.69) is 0 Å². The van der Waals surface area contributed by atoms with E-state index in [4.69, 9.17) is 5.73 Å². The Bertz CT molecular complexity index is 1130. The summed E-state index contributed by atoms with van der Waals surface area (Å²) in [6, 6.07) is 9.36. The van der Waals surface area contributed by atoms with E-state index in [9.17, 15) is 38.3 Å². The topological polar surface area (TPSA) is 179 Å². The molecule has 1 aromatic carbocycles. The van der Waals surface area contributed by atoms with Crippen LogP contribution in [-0.4, -0.2) is 65.8 Å². The number of carboxylic acids is 1. The molecule has 2 amide bonds. The van der Waals surface area contributed by atoms with Crippen molar-refractivity contribution in [2.45, 2.75) is 35.5 Å². The standard InChI is InChI=1S/C21H23N3O7S/c22-11-20(18(23)27)8-16(20)21(19(28)29)7-14(32(30,31)13-4-2-1-3-5-13)6-15(21)17(26)24-9-12(25)10-24/h1-5,12,14-16,25H,6-10H2,(H2,23,27)(H,28,29)/t14-,15+,16?,20?,21+/m1/s1. The van der Waals surface area contributed by atoms with Crippen LogP contribution in [0.25, 0.3) is 0 Å². The highest BCUT2D eigenvalue weighted by molar-refractivity contribution is 7.92. The Hall–Kier alpha value is -2.97. The lowest BCUT2D eigenvalue weighted by atomic mass is 9.70. The van der Waals surface area contributed by atoms with E-state index in [0.29, 0.717) is 0 Å². The molecule has 0 bridgehead atoms. The molecule has 1 saturated heterocycles. The number of benzene rings is 1. The number of rotatable bonds is 6. The van der Waals surface area contributed by atoms with Crippen molar-refractivity contribution in [2.75, 3.05) is 13.1 Å². The maximum Gasteiger partial charge on any atom is 0.310 e. The van der Waals surface area contributed by atoms with Gasteiger partial charge in [-0.15, -0.1) is 0 Å². The minimum absolute atomic E-state index is 0.00834. The summed E-state index contributed by atoms with van der Waals surface area (Å²) < 4.78 is 26.6. The van der Waals surface area contributed by atoms with Gasteiger partial charge in [-0.05, 0) is 31.4 Å². The van der Waals surface area contributed by atoms with Crippen LogP contribution in [0.15, 0.2) is 35.2 Å². The van der Waals surface area contributed by atoms with Gasteiger partial charge in [0.05, 0.1) is 33.7 Å². The van der Waals surface area contributed by atoms with Gasteiger partial charge in [-0.3, -0.25) is 14.4 Å². The number of sulfone groups is 1. The predicted molar refractivity (Wildman–Crippen MR) is 108 cm³/mol. The third-order valence-corrected chi connectivity index (χ3v) is 9.45. The van der Waals surface area contributed by atoms with Gasteiger partial charge < -0.3 is 20.8 Å². The fraction of sp³-hybridized carbons (Fsp3) is 0.524. The van der Waals surface area contributed by atoms with E-state index in [1.54, 1.807) is 18.2 Å². The molecule has 1 aromatic rings. The maximum atomic E-state index is 13.3. The Morgan fingerprint density at radius 2 is 1.78 bits per heavy atom. The molecule has 0 radical (unpaired) electrons. The molecule has 0 aromatic heterocycles. The molecule has 32 heavy (non-hydrogen) atoms. The highest BCUT2D eigenvalue weighted by Crippen LogP contribution is 2.68. The average molecular weight is 461 g/mol. The third kappa shape index (κ3) is 3.01. The van der Waals surface area contributed by atoms with Crippen LogP contribution in [0, 0.1) is 34.0 Å². The number of hydrogen-bond donors (Lipinski definition) is 3. The molecule has 4 rings (SSSR count). The summed E-state index contributed by atoms with van der Waals surface area (Å²) in [5.74, 6) is -5.34. The zero-order valence-corrected chi connectivity index (χ0v) is 17.9. The van der Waals surface area contributed by atoms with E-state index < -0.39 is 68.1 Å². The number of nitrogens with zero attached hydrogens (tertiary/aromatic N) is 2. The molecule has 2 aliphatic carbocycles. The number of nitriles is 1. The number of carbonyl (C=O) groups is 3. The van der Waals surface area contributed by atoms with Gasteiger partial charge in [0.15, 0.2) is 9.84 Å². The van der Waals surface area contributed by atoms with Crippen molar-refractivity contribution in [1.29, 1.82) is 5.26 Å². The summed E-state index contributed by atoms with van der Waals surface area (Å²) in [5, 5.41) is 28.3. The van der Waals surface area contributed by atoms with Crippen molar-refractivity contribution in [3.05, 3.63) is 30.3 Å². The number of hydrogen-bond acceptors (Lipinski definition) is 7. The highest BCUT2D eigenvalue weighted by Gasteiger charge is 2.76. The fourth-order valence-electron chi connectivity index (χ4n) is 5.40. The Morgan fingerprint density at radius 3 is 2.25 bits per heavy atom. The molecule has 0 spiro atoms. The summed E-state index contributed by atoms with van der Waals surface area (Å²) in [4.78, 5) is 39.3. The number of primary amides is 1. The number of β-amino-alcohol motifs (C(OH)–C–C–N with tert-alkyl or cyclic N) is 1. The van der Waals surface area contributed by atoms with Crippen LogP contribution in [-0.2, 0) is 24.2 Å². The van der Waals surface area contributed by atoms with Crippen LogP contribution < -0.4 is 5.73 Å². The first-order valence-corrected chi connectivity index (χ1v) is 11.8. The average Bonchev–Trinajstić information content (AvgIpc) is 3.36. The molecule has 170 valence electrons. The number of likely N-dealkylation sites (tertiary alicyclic amines) is 1. The van der Waals surface area contributed by atoms with E-state index in [1.807, 2.05) is 6.07 Å². The first kappa shape index (κ1) is 22.2. The van der Waals surface area contributed by atoms with Crippen molar-refractivity contribution in [1.82, 2.24) is 4.90 Å². The van der Waals surface area contributed by atoms with E-state index in [0.717, 1.165) is 0 Å². The maximum absolute atomic E-state index is 13.3. The second-order valence-corrected chi connectivity index (χ2v) is 11.1. The molecule has 10 nitrogen and oxygen atoms in total. The van der Waals surface area contributed by atoms with Crippen LogP contribution in [0.3, 0.4) is 0 Å². The Morgan fingerprint density at radius 1 is 1.16 bits per heavy atom. The lowest BCUT2D eigenvalue weighted by Gasteiger charge is -2.41. The first-order valence-electron chi connectivity index (χ1n) is 10.2. The molecule has 2 saturated carbocycles. The van der Waals surface area contributed by atoms with Gasteiger partial charge in [0.1, 0.15) is 5.41 Å². The van der Waals surface area contributed by atoms with Crippen LogP contribution in [0.1, 0.15) is 19.3 Å². The number of aliphatic hydroxyl groups is 1. The van der Waals surface area contributed by atoms with Gasteiger partial charge >= 0.3 is 5.97 Å². The summed E-state index contributed by atoms with van der Waals surface area (Å²) in [7, 11) is -3.99. The number of carbonyl (C=O) groups excluding carboxylic acids is 2. The van der Waals surface area contributed by atoms with E-state index in [1.165, 1.54) is 17.0 Å². The van der Waals surface area contributed by atoms with Crippen molar-refractivity contribution < 1.29 is 33.0 Å². The summed E-state index contributed by atoms with van der Waals surface area (Å²) in [6.07, 6.45) is -1.54. The predicted octanol–water partition coefficient (Wildman–Crippen LogP) is -0.472. The number of nitrogens with two attached hydrogens (primary N) is 1. The molecule has 3 fully saturated rings. The van der Waals surface area contributed by atoms with Crippen LogP contribution in [0.5, 0.6) is 0 Å². The van der Waals surface area contributed by atoms with Crippen molar-refractivity contribution in [3.63, 3.8) is 0 Å². The molecule has 2 unspecified atom stereocenters. The van der Waals surface area contributed by atoms with E-state index >= 15 is 0 Å². The normalized spacial score (nSPS) is 34.4. The summed E-state index contributed by atoms with van der Waals surface area (Å²) in [6.45, 7) is 0.0377. The quantitative estimate of drug-likeness (QED) is 0.508. The Kier molecular flexibility index (Phi) is 5.06. The van der Waals surface area contributed by atoms with Gasteiger partial charge in [-0.1, -0.05) is 18.2 Å². The molecular weight excluding hydrogens is 438 g/mol. The lowest BCUT2D eigenvalue weighted by molar-refractivity contribution is -0.164. The van der Waals surface area contributed by atoms with Crippen LogP contribution in [0.4, 0.5) is 0 Å². The van der Waals surface area contributed by atoms with Gasteiger partial charge in [0, 0.05) is 19.0 Å². The van der Waals surface area contributed by atoms with Crippen molar-refractivity contribution in [3.8, 4) is 6.07 Å². The largest absolute Gasteiger partial charge is 0.481 e. The van der Waals surface area contributed by atoms with Gasteiger partial charge in [0.2, 0.25) is 11.8 Å². The van der Waals surface area contributed by atoms with Gasteiger partial charge in [-0.2, -0.15) is 5.26 Å². The number of amides is 2. The smallest absolute Gasteiger partial charge is 0.310 e. The highest BCUT2D eigenvalue weighted by atomic mass is 32.2. The summed E-state index contributed by atoms with van der Waals surface area (Å²) >= 11 is 0. The molecule has 3 aliphatic rings. The third-order valence-electron chi connectivity index (χ3n) is 7.29. The Labute approximate surface area is 184 Å². The van der Waals surface area contributed by atoms with Crippen LogP contribution >= 0.6 is 0 Å². The molecule has 4 N–H and O–H groups in total. The van der Waals surface area contributed by atoms with E-state index in [-0.39, 0.29) is 30.8 Å². The van der Waals surface area contributed by atoms with Gasteiger partial charge in [0.25, 0.3) is 0 Å². The molecular formula is C21H23N3O7S. The minimum Gasteiger partial charge on any atom is -0.481 e. The number of aliphatic hydroxyl groups excluding tert-OH is 1. The molecule has 1 aliphatic heterocycles. The van der Waals surface area contributed by atoms with Crippen LogP contribution in [0.2, 0.25) is 0 Å². The van der Waals surface area contributed by atoms with Crippen molar-refractivity contribution >= 4 is 27.6 Å². The second-order valence-electron chi connectivity index (χ2n) is 8.92. The SMILES string of the molecule is N#CC1(C(N)=O)CC1[C@]1(C(=O)O)C[C@H](S(=O)(=O)c2ccccc2)C[C@H]1C(=O)N1CC(O)C1. The fourth-order valence-corrected chi connectivity index (χ4v) is 7.26. The second kappa shape index (κ2) is 7.28. The summed E-state index contributed by atoms with van der Waals surface area (Å²) in [5.41, 5.74) is 1.72. The van der Waals surface area contributed by atoms with Gasteiger partial charge in [-0.25, -0.2) is 8.42 Å². The number of aliphatic carboxylic acids is 1. The number of carboxylic acid groups (broad SMARTS) is 1. The zero-order chi connectivity index (χ0) is 23.5. The molecule has 11 heteroatoms. The monoisotopic (exact) mass is 461 g/mol. The zero-order valence-electron chi connectivity index (χ0n) is 17.0. The first-order chi connectivity index (χ1) is 15.0. The van der Waals surface area contributed by atoms with Crippen molar-refractivity contribution in [2.24, 2.45) is 28.4 Å². The molecule has 1 heterocycles.